The van der Waals surface area contributed by atoms with Crippen molar-refractivity contribution in [1.29, 1.82) is 0 Å². The molecule has 1 amide bonds. The van der Waals surface area contributed by atoms with Gasteiger partial charge >= 0.3 is 0 Å². The van der Waals surface area contributed by atoms with E-state index in [-0.39, 0.29) is 11.4 Å². The van der Waals surface area contributed by atoms with Crippen molar-refractivity contribution in [2.24, 2.45) is 0 Å². The molecule has 1 aromatic carbocycles. The largest absolute Gasteiger partial charge is 0.269 e. The van der Waals surface area contributed by atoms with Crippen LogP contribution in [0.25, 0.3) is 0 Å². The molecule has 0 aromatic heterocycles. The third kappa shape index (κ3) is 3.33. The predicted molar refractivity (Wildman–Crippen MR) is 74.1 cm³/mol. The maximum Gasteiger partial charge on any atom is 0.269 e. The molecule has 0 saturated heterocycles. The highest BCUT2D eigenvalue weighted by molar-refractivity contribution is 14.1. The van der Waals surface area contributed by atoms with Gasteiger partial charge in [0.05, 0.1) is 5.54 Å². The number of benzene rings is 1. The van der Waals surface area contributed by atoms with Gasteiger partial charge in [0.2, 0.25) is 0 Å². The fourth-order valence-corrected chi connectivity index (χ4v) is 1.88. The molecule has 0 atom stereocenters. The summed E-state index contributed by atoms with van der Waals surface area (Å²) in [7, 11) is 0. The molecular weight excluding hydrogens is 338 g/mol. The van der Waals surface area contributed by atoms with Crippen molar-refractivity contribution in [3.63, 3.8) is 0 Å². The van der Waals surface area contributed by atoms with Gasteiger partial charge in [-0.2, -0.15) is 0 Å². The number of carbonyl (C=O) groups excluding carboxylic acids is 1. The van der Waals surface area contributed by atoms with Gasteiger partial charge in [-0.25, -0.2) is 0 Å². The van der Waals surface area contributed by atoms with Crippen molar-refractivity contribution in [1.82, 2.24) is 9.95 Å². The van der Waals surface area contributed by atoms with Crippen LogP contribution in [0.3, 0.4) is 0 Å². The minimum Gasteiger partial charge on any atom is -0.268 e. The van der Waals surface area contributed by atoms with Crippen molar-refractivity contribution < 1.29 is 4.79 Å². The van der Waals surface area contributed by atoms with E-state index in [0.717, 1.165) is 3.57 Å². The Morgan fingerprint density at radius 3 is 2.19 bits per heavy atom. The Kier molecular flexibility index (Phi) is 4.58. The van der Waals surface area contributed by atoms with Gasteiger partial charge in [0.25, 0.3) is 5.91 Å². The first-order chi connectivity index (χ1) is 7.36. The van der Waals surface area contributed by atoms with Crippen LogP contribution in [0, 0.1) is 3.57 Å². The molecule has 1 aromatic rings. The topological polar surface area (TPSA) is 32.3 Å². The summed E-state index contributed by atoms with van der Waals surface area (Å²) < 4.78 is 1.09. The van der Waals surface area contributed by atoms with E-state index in [1.165, 1.54) is 5.01 Å². The summed E-state index contributed by atoms with van der Waals surface area (Å²) in [5.41, 5.74) is 0.241. The summed E-state index contributed by atoms with van der Waals surface area (Å²) in [4.78, 5) is 14.5. The number of nitrogens with one attached hydrogen (secondary N) is 1. The maximum absolute atomic E-state index is 12.1. The van der Waals surface area contributed by atoms with E-state index in [1.54, 1.807) is 12.1 Å². The van der Waals surface area contributed by atoms with Gasteiger partial charge in [-0.15, -0.1) is 4.94 Å². The Labute approximate surface area is 114 Å². The lowest BCUT2D eigenvalue weighted by Crippen LogP contribution is -2.50. The normalized spacial score (nSPS) is 11.3. The average Bonchev–Trinajstić information content (AvgIpc) is 2.17. The SMILES string of the molecule is CC(C)(C)N(NCl)C(=O)c1ccc(I)cc1. The van der Waals surface area contributed by atoms with Crippen LogP contribution in [-0.2, 0) is 0 Å². The van der Waals surface area contributed by atoms with Crippen LogP contribution in [0.4, 0.5) is 0 Å². The van der Waals surface area contributed by atoms with Crippen LogP contribution in [0.15, 0.2) is 24.3 Å². The molecule has 0 aliphatic rings. The van der Waals surface area contributed by atoms with Gasteiger partial charge in [-0.1, -0.05) is 0 Å². The zero-order valence-corrected chi connectivity index (χ0v) is 12.3. The Morgan fingerprint density at radius 1 is 1.31 bits per heavy atom. The highest BCUT2D eigenvalue weighted by Gasteiger charge is 2.26. The molecule has 0 saturated carbocycles. The number of rotatable bonds is 2. The molecule has 5 heteroatoms. The van der Waals surface area contributed by atoms with Crippen LogP contribution in [0.1, 0.15) is 31.1 Å². The fourth-order valence-electron chi connectivity index (χ4n) is 1.19. The Bertz CT molecular complexity index is 373. The second kappa shape index (κ2) is 5.33. The highest BCUT2D eigenvalue weighted by atomic mass is 127. The van der Waals surface area contributed by atoms with E-state index < -0.39 is 0 Å². The molecule has 1 N–H and O–H groups in total. The van der Waals surface area contributed by atoms with Crippen LogP contribution < -0.4 is 4.94 Å². The van der Waals surface area contributed by atoms with Gasteiger partial charge in [-0.3, -0.25) is 9.80 Å². The number of carbonyl (C=O) groups is 1. The van der Waals surface area contributed by atoms with Gasteiger partial charge in [0, 0.05) is 9.13 Å². The van der Waals surface area contributed by atoms with E-state index in [2.05, 4.69) is 27.5 Å². The molecule has 3 nitrogen and oxygen atoms in total. The Balaban J connectivity index is 2.96. The third-order valence-electron chi connectivity index (χ3n) is 2.05. The summed E-state index contributed by atoms with van der Waals surface area (Å²) in [6.07, 6.45) is 0. The first-order valence-corrected chi connectivity index (χ1v) is 6.28. The standard InChI is InChI=1S/C11H14ClIN2O/c1-11(2,3)15(14-12)10(16)8-4-6-9(13)7-5-8/h4-7,14H,1-3H3. The summed E-state index contributed by atoms with van der Waals surface area (Å²) in [6, 6.07) is 7.36. The second-order valence-electron chi connectivity index (χ2n) is 4.40. The van der Waals surface area contributed by atoms with E-state index in [1.807, 2.05) is 32.9 Å². The number of hydrogen-bond acceptors (Lipinski definition) is 2. The van der Waals surface area contributed by atoms with E-state index in [0.29, 0.717) is 5.56 Å². The molecule has 0 aliphatic heterocycles. The summed E-state index contributed by atoms with van der Waals surface area (Å²) in [5, 5.41) is 1.40. The Morgan fingerprint density at radius 2 is 1.81 bits per heavy atom. The van der Waals surface area contributed by atoms with E-state index >= 15 is 0 Å². The van der Waals surface area contributed by atoms with Crippen LogP contribution >= 0.6 is 34.4 Å². The molecule has 0 fully saturated rings. The summed E-state index contributed by atoms with van der Waals surface area (Å²) >= 11 is 7.78. The highest BCUT2D eigenvalue weighted by Crippen LogP contribution is 2.16. The Hall–Kier alpha value is -0.330. The summed E-state index contributed by atoms with van der Waals surface area (Å²) in [5.74, 6) is -0.140. The lowest BCUT2D eigenvalue weighted by atomic mass is 10.1. The molecule has 0 radical (unpaired) electrons. The average molecular weight is 353 g/mol. The molecule has 0 aliphatic carbocycles. The molecule has 0 unspecified atom stereocenters. The van der Waals surface area contributed by atoms with Crippen molar-refractivity contribution in [2.45, 2.75) is 26.3 Å². The zero-order valence-electron chi connectivity index (χ0n) is 9.42. The number of hydrazine groups is 1. The third-order valence-corrected chi connectivity index (χ3v) is 2.94. The van der Waals surface area contributed by atoms with Crippen LogP contribution in [-0.4, -0.2) is 16.5 Å². The lowest BCUT2D eigenvalue weighted by molar-refractivity contribution is 0.0516. The van der Waals surface area contributed by atoms with Crippen LogP contribution in [0.2, 0.25) is 0 Å². The van der Waals surface area contributed by atoms with Crippen LogP contribution in [0.5, 0.6) is 0 Å². The fraction of sp³-hybridized carbons (Fsp3) is 0.364. The van der Waals surface area contributed by atoms with Crippen molar-refractivity contribution in [2.75, 3.05) is 0 Å². The van der Waals surface area contributed by atoms with E-state index in [9.17, 15) is 4.79 Å². The van der Waals surface area contributed by atoms with Gasteiger partial charge in [0.15, 0.2) is 0 Å². The number of hydrogen-bond donors (Lipinski definition) is 1. The minimum absolute atomic E-state index is 0.140. The maximum atomic E-state index is 12.1. The monoisotopic (exact) mass is 352 g/mol. The lowest BCUT2D eigenvalue weighted by Gasteiger charge is -2.33. The number of halogens is 2. The molecule has 0 bridgehead atoms. The first-order valence-electron chi connectivity index (χ1n) is 4.82. The van der Waals surface area contributed by atoms with Crippen molar-refractivity contribution >= 4 is 40.3 Å². The van der Waals surface area contributed by atoms with Crippen molar-refractivity contribution in [3.8, 4) is 0 Å². The smallest absolute Gasteiger partial charge is 0.268 e. The molecule has 1 rings (SSSR count). The minimum atomic E-state index is -0.373. The number of amides is 1. The predicted octanol–water partition coefficient (Wildman–Crippen LogP) is 3.19. The van der Waals surface area contributed by atoms with Crippen molar-refractivity contribution in [3.05, 3.63) is 33.4 Å². The summed E-state index contributed by atoms with van der Waals surface area (Å²) in [6.45, 7) is 5.73. The molecular formula is C11H14ClIN2O. The van der Waals surface area contributed by atoms with Gasteiger partial charge < -0.3 is 0 Å². The molecule has 0 heterocycles. The molecule has 16 heavy (non-hydrogen) atoms. The quantitative estimate of drug-likeness (QED) is 0.504. The first kappa shape index (κ1) is 13.7. The molecule has 0 spiro atoms. The second-order valence-corrected chi connectivity index (χ2v) is 5.82. The molecule has 88 valence electrons. The van der Waals surface area contributed by atoms with Gasteiger partial charge in [-0.05, 0) is 79.4 Å². The zero-order chi connectivity index (χ0) is 12.3. The van der Waals surface area contributed by atoms with Gasteiger partial charge in [0.1, 0.15) is 0 Å². The number of nitrogens with zero attached hydrogens (tertiary/aromatic N) is 1. The van der Waals surface area contributed by atoms with E-state index in [4.69, 9.17) is 11.8 Å².